The van der Waals surface area contributed by atoms with Gasteiger partial charge >= 0.3 is 0 Å². The molecule has 2 fully saturated rings. The van der Waals surface area contributed by atoms with E-state index in [1.807, 2.05) is 18.4 Å². The lowest BCUT2D eigenvalue weighted by molar-refractivity contribution is -0.121. The molecule has 0 aliphatic heterocycles. The molecule has 0 unspecified atom stereocenters. The SMILES string of the molecule is C[C@@H](Sc1nnc(-c2cccs2)n1C1CC1)C(=O)NC1(C#N)CCCCC1. The summed E-state index contributed by atoms with van der Waals surface area (Å²) >= 11 is 3.09. The summed E-state index contributed by atoms with van der Waals surface area (Å²) in [5, 5.41) is 23.9. The van der Waals surface area contributed by atoms with Crippen LogP contribution in [0.4, 0.5) is 0 Å². The first-order chi connectivity index (χ1) is 13.1. The second-order valence-electron chi connectivity index (χ2n) is 7.39. The molecule has 2 heterocycles. The van der Waals surface area contributed by atoms with Gasteiger partial charge in [-0.05, 0) is 44.1 Å². The second-order valence-corrected chi connectivity index (χ2v) is 9.64. The summed E-state index contributed by atoms with van der Waals surface area (Å²) in [6, 6.07) is 6.85. The zero-order chi connectivity index (χ0) is 18.9. The Labute approximate surface area is 167 Å². The average molecular weight is 402 g/mol. The molecule has 2 saturated carbocycles. The molecule has 142 valence electrons. The Hall–Kier alpha value is -1.85. The number of nitriles is 1. The molecule has 2 aliphatic carbocycles. The number of aromatic nitrogens is 3. The van der Waals surface area contributed by atoms with Gasteiger partial charge in [-0.15, -0.1) is 21.5 Å². The van der Waals surface area contributed by atoms with Gasteiger partial charge in [0.2, 0.25) is 5.91 Å². The van der Waals surface area contributed by atoms with Gasteiger partial charge < -0.3 is 5.32 Å². The van der Waals surface area contributed by atoms with Crippen LogP contribution in [-0.4, -0.2) is 31.5 Å². The highest BCUT2D eigenvalue weighted by Crippen LogP contribution is 2.42. The van der Waals surface area contributed by atoms with E-state index in [0.29, 0.717) is 6.04 Å². The van der Waals surface area contributed by atoms with Crippen LogP contribution in [-0.2, 0) is 4.79 Å². The number of thioether (sulfide) groups is 1. The maximum atomic E-state index is 12.8. The van der Waals surface area contributed by atoms with E-state index >= 15 is 0 Å². The number of amides is 1. The topological polar surface area (TPSA) is 83.6 Å². The highest BCUT2D eigenvalue weighted by molar-refractivity contribution is 8.00. The smallest absolute Gasteiger partial charge is 0.234 e. The van der Waals surface area contributed by atoms with Crippen molar-refractivity contribution in [3.8, 4) is 16.8 Å². The summed E-state index contributed by atoms with van der Waals surface area (Å²) < 4.78 is 2.18. The molecular weight excluding hydrogens is 378 g/mol. The average Bonchev–Trinajstić information content (AvgIpc) is 3.20. The van der Waals surface area contributed by atoms with Crippen molar-refractivity contribution >= 4 is 29.0 Å². The first-order valence-electron chi connectivity index (χ1n) is 9.50. The third-order valence-electron chi connectivity index (χ3n) is 5.25. The van der Waals surface area contributed by atoms with Gasteiger partial charge in [0.15, 0.2) is 11.0 Å². The van der Waals surface area contributed by atoms with E-state index < -0.39 is 5.54 Å². The molecule has 2 aromatic heterocycles. The van der Waals surface area contributed by atoms with Crippen molar-refractivity contribution < 1.29 is 4.79 Å². The van der Waals surface area contributed by atoms with Gasteiger partial charge in [-0.2, -0.15) is 5.26 Å². The summed E-state index contributed by atoms with van der Waals surface area (Å²) in [5.74, 6) is 0.801. The Morgan fingerprint density at radius 3 is 2.81 bits per heavy atom. The third kappa shape index (κ3) is 3.90. The number of nitrogens with one attached hydrogen (secondary N) is 1. The summed E-state index contributed by atoms with van der Waals surface area (Å²) in [4.78, 5) is 13.9. The van der Waals surface area contributed by atoms with Crippen LogP contribution in [0.3, 0.4) is 0 Å². The van der Waals surface area contributed by atoms with E-state index in [9.17, 15) is 10.1 Å². The highest BCUT2D eigenvalue weighted by atomic mass is 32.2. The molecule has 8 heteroatoms. The van der Waals surface area contributed by atoms with Crippen molar-refractivity contribution in [2.45, 2.75) is 73.9 Å². The molecule has 1 N–H and O–H groups in total. The van der Waals surface area contributed by atoms with Gasteiger partial charge in [0.1, 0.15) is 5.54 Å². The first kappa shape index (κ1) is 18.5. The molecule has 1 atom stereocenters. The zero-order valence-electron chi connectivity index (χ0n) is 15.4. The fraction of sp³-hybridized carbons (Fsp3) is 0.579. The molecule has 4 rings (SSSR count). The minimum absolute atomic E-state index is 0.0912. The van der Waals surface area contributed by atoms with Gasteiger partial charge in [0, 0.05) is 6.04 Å². The van der Waals surface area contributed by atoms with Crippen molar-refractivity contribution in [2.24, 2.45) is 0 Å². The van der Waals surface area contributed by atoms with Crippen molar-refractivity contribution in [1.82, 2.24) is 20.1 Å². The van der Waals surface area contributed by atoms with Crippen molar-refractivity contribution in [2.75, 3.05) is 0 Å². The molecule has 2 aliphatic rings. The lowest BCUT2D eigenvalue weighted by Crippen LogP contribution is -2.51. The molecule has 0 spiro atoms. The maximum absolute atomic E-state index is 12.8. The van der Waals surface area contributed by atoms with E-state index in [-0.39, 0.29) is 11.2 Å². The lowest BCUT2D eigenvalue weighted by Gasteiger charge is -2.32. The number of carbonyl (C=O) groups is 1. The van der Waals surface area contributed by atoms with Crippen molar-refractivity contribution in [1.29, 1.82) is 5.26 Å². The molecular formula is C19H23N5OS2. The van der Waals surface area contributed by atoms with E-state index in [1.165, 1.54) is 11.8 Å². The molecule has 2 aromatic rings. The monoisotopic (exact) mass is 401 g/mol. The summed E-state index contributed by atoms with van der Waals surface area (Å²) in [5.41, 5.74) is -0.698. The summed E-state index contributed by atoms with van der Waals surface area (Å²) in [6.07, 6.45) is 6.87. The predicted octanol–water partition coefficient (Wildman–Crippen LogP) is 4.16. The van der Waals surface area contributed by atoms with Crippen LogP contribution >= 0.6 is 23.1 Å². The Kier molecular flexibility index (Phi) is 5.24. The minimum Gasteiger partial charge on any atom is -0.337 e. The largest absolute Gasteiger partial charge is 0.337 e. The highest BCUT2D eigenvalue weighted by Gasteiger charge is 2.36. The van der Waals surface area contributed by atoms with Crippen molar-refractivity contribution in [3.63, 3.8) is 0 Å². The molecule has 1 amide bonds. The minimum atomic E-state index is -0.698. The van der Waals surface area contributed by atoms with Gasteiger partial charge in [-0.3, -0.25) is 9.36 Å². The first-order valence-corrected chi connectivity index (χ1v) is 11.3. The fourth-order valence-electron chi connectivity index (χ4n) is 3.56. The quantitative estimate of drug-likeness (QED) is 0.735. The lowest BCUT2D eigenvalue weighted by atomic mass is 9.83. The zero-order valence-corrected chi connectivity index (χ0v) is 17.0. The van der Waals surface area contributed by atoms with Crippen LogP contribution in [0.2, 0.25) is 0 Å². The molecule has 27 heavy (non-hydrogen) atoms. The van der Waals surface area contributed by atoms with Gasteiger partial charge in [0.05, 0.1) is 16.2 Å². The number of carbonyl (C=O) groups excluding carboxylic acids is 1. The molecule has 0 saturated heterocycles. The van der Waals surface area contributed by atoms with Crippen LogP contribution in [0.15, 0.2) is 22.7 Å². The maximum Gasteiger partial charge on any atom is 0.234 e. The molecule has 0 aromatic carbocycles. The summed E-state index contributed by atoms with van der Waals surface area (Å²) in [7, 11) is 0. The molecule has 0 bridgehead atoms. The van der Waals surface area contributed by atoms with E-state index in [0.717, 1.165) is 60.8 Å². The number of rotatable bonds is 6. The van der Waals surface area contributed by atoms with E-state index in [2.05, 4.69) is 32.2 Å². The van der Waals surface area contributed by atoms with Crippen molar-refractivity contribution in [3.05, 3.63) is 17.5 Å². The Bertz CT molecular complexity index is 844. The number of nitrogens with zero attached hydrogens (tertiary/aromatic N) is 4. The van der Waals surface area contributed by atoms with Gasteiger partial charge in [0.25, 0.3) is 0 Å². The summed E-state index contributed by atoms with van der Waals surface area (Å²) in [6.45, 7) is 1.88. The van der Waals surface area contributed by atoms with Crippen LogP contribution in [0, 0.1) is 11.3 Å². The second kappa shape index (κ2) is 7.64. The Morgan fingerprint density at radius 1 is 1.41 bits per heavy atom. The van der Waals surface area contributed by atoms with Crippen LogP contribution in [0.25, 0.3) is 10.7 Å². The van der Waals surface area contributed by atoms with E-state index in [1.54, 1.807) is 11.3 Å². The van der Waals surface area contributed by atoms with Gasteiger partial charge in [-0.1, -0.05) is 37.1 Å². The normalized spacial score (nSPS) is 20.0. The molecule has 6 nitrogen and oxygen atoms in total. The number of hydrogen-bond donors (Lipinski definition) is 1. The third-order valence-corrected chi connectivity index (χ3v) is 7.18. The fourth-order valence-corrected chi connectivity index (χ4v) is 5.19. The van der Waals surface area contributed by atoms with E-state index in [4.69, 9.17) is 0 Å². The predicted molar refractivity (Wildman–Crippen MR) is 106 cm³/mol. The van der Waals surface area contributed by atoms with Gasteiger partial charge in [-0.25, -0.2) is 0 Å². The number of thiophene rings is 1. The van der Waals surface area contributed by atoms with Crippen LogP contribution < -0.4 is 5.32 Å². The number of hydrogen-bond acceptors (Lipinski definition) is 6. The van der Waals surface area contributed by atoms with Crippen LogP contribution in [0.1, 0.15) is 57.9 Å². The Balaban J connectivity index is 1.49. The Morgan fingerprint density at radius 2 is 2.19 bits per heavy atom. The van der Waals surface area contributed by atoms with Crippen LogP contribution in [0.5, 0.6) is 0 Å². The molecule has 0 radical (unpaired) electrons. The standard InChI is InChI=1S/C19H23N5OS2/c1-13(17(25)21-19(12-20)9-3-2-4-10-19)27-18-23-22-16(15-6-5-11-26-15)24(18)14-7-8-14/h5-6,11,13-14H,2-4,7-10H2,1H3,(H,21,25)/t13-/m1/s1.